The minimum Gasteiger partial charge on any atom is -0.258 e. The van der Waals surface area contributed by atoms with Gasteiger partial charge in [-0.05, 0) is 18.6 Å². The van der Waals surface area contributed by atoms with Crippen LogP contribution in [0, 0.1) is 17.0 Å². The highest BCUT2D eigenvalue weighted by molar-refractivity contribution is 7.86. The van der Waals surface area contributed by atoms with Crippen LogP contribution in [0.3, 0.4) is 0 Å². The quantitative estimate of drug-likeness (QED) is 0.460. The van der Waals surface area contributed by atoms with Gasteiger partial charge in [-0.25, -0.2) is 0 Å². The van der Waals surface area contributed by atoms with E-state index in [1.165, 1.54) is 6.92 Å². The minimum atomic E-state index is -4.91. The molecule has 0 unspecified atom stereocenters. The maximum atomic E-state index is 12.6. The molecule has 0 fully saturated rings. The second-order valence-corrected chi connectivity index (χ2v) is 4.49. The van der Waals surface area contributed by atoms with Gasteiger partial charge in [0.2, 0.25) is 0 Å². The third kappa shape index (κ3) is 2.42. The molecule has 8 heteroatoms. The van der Waals surface area contributed by atoms with Crippen LogP contribution in [0.5, 0.6) is 0 Å². The van der Waals surface area contributed by atoms with Crippen molar-refractivity contribution in [3.05, 3.63) is 32.8 Å². The van der Waals surface area contributed by atoms with E-state index in [-0.39, 0.29) is 5.56 Å². The average Bonchev–Trinajstić information content (AvgIpc) is 2.06. The second kappa shape index (κ2) is 3.74. The smallest absolute Gasteiger partial charge is 0.258 e. The van der Waals surface area contributed by atoms with Gasteiger partial charge < -0.3 is 0 Å². The van der Waals surface area contributed by atoms with Crippen molar-refractivity contribution in [3.63, 3.8) is 0 Å². The van der Waals surface area contributed by atoms with E-state index in [1.54, 1.807) is 0 Å². The topological polar surface area (TPSA) is 77.3 Å². The normalized spacial score (nSPS) is 11.4. The molecule has 1 rings (SSSR count). The molecule has 5 nitrogen and oxygen atoms in total. The van der Waals surface area contributed by atoms with Crippen molar-refractivity contribution in [2.24, 2.45) is 0 Å². The maximum Gasteiger partial charge on any atom is 0.332 e. The highest BCUT2D eigenvalue weighted by atomic mass is 35.5. The van der Waals surface area contributed by atoms with Gasteiger partial charge in [0, 0.05) is 6.07 Å². The molecular formula is C7H5ClFNO4S. The Hall–Kier alpha value is -1.21. The van der Waals surface area contributed by atoms with E-state index in [9.17, 15) is 22.4 Å². The number of nitrogens with zero attached hydrogens (tertiary/aromatic N) is 1. The summed E-state index contributed by atoms with van der Waals surface area (Å²) in [5.41, 5.74) is -0.518. The van der Waals surface area contributed by atoms with Gasteiger partial charge in [-0.1, -0.05) is 11.6 Å². The Labute approximate surface area is 89.8 Å². The number of aryl methyl sites for hydroxylation is 1. The minimum absolute atomic E-state index is 0.0615. The van der Waals surface area contributed by atoms with Gasteiger partial charge in [-0.3, -0.25) is 10.1 Å². The van der Waals surface area contributed by atoms with Gasteiger partial charge in [0.05, 0.1) is 4.92 Å². The molecule has 82 valence electrons. The lowest BCUT2D eigenvalue weighted by atomic mass is 10.2. The fourth-order valence-electron chi connectivity index (χ4n) is 1.05. The summed E-state index contributed by atoms with van der Waals surface area (Å²) in [7, 11) is -4.91. The largest absolute Gasteiger partial charge is 0.332 e. The number of hydrogen-bond donors (Lipinski definition) is 0. The van der Waals surface area contributed by atoms with Crippen molar-refractivity contribution >= 4 is 27.5 Å². The Kier molecular flexibility index (Phi) is 2.96. The molecule has 0 aliphatic rings. The van der Waals surface area contributed by atoms with Crippen molar-refractivity contribution in [1.82, 2.24) is 0 Å². The predicted octanol–water partition coefficient (Wildman–Crippen LogP) is 2.21. The molecule has 0 radical (unpaired) electrons. The van der Waals surface area contributed by atoms with Crippen molar-refractivity contribution in [2.45, 2.75) is 11.8 Å². The van der Waals surface area contributed by atoms with E-state index < -0.39 is 30.8 Å². The lowest BCUT2D eigenvalue weighted by Gasteiger charge is -2.02. The molecule has 0 aliphatic carbocycles. The second-order valence-electron chi connectivity index (χ2n) is 2.76. The average molecular weight is 254 g/mol. The number of hydrogen-bond acceptors (Lipinski definition) is 4. The highest BCUT2D eigenvalue weighted by Crippen LogP contribution is 2.30. The molecule has 0 saturated carbocycles. The molecule has 0 aliphatic heterocycles. The Morgan fingerprint density at radius 1 is 1.47 bits per heavy atom. The molecule has 1 aromatic carbocycles. The van der Waals surface area contributed by atoms with Crippen LogP contribution in [0.1, 0.15) is 5.56 Å². The molecule has 0 atom stereocenters. The van der Waals surface area contributed by atoms with Crippen molar-refractivity contribution in [1.29, 1.82) is 0 Å². The summed E-state index contributed by atoms with van der Waals surface area (Å²) < 4.78 is 33.8. The van der Waals surface area contributed by atoms with Crippen LogP contribution < -0.4 is 0 Å². The molecule has 15 heavy (non-hydrogen) atoms. The first kappa shape index (κ1) is 11.9. The van der Waals surface area contributed by atoms with E-state index in [2.05, 4.69) is 0 Å². The SMILES string of the molecule is Cc1cc([N+](=O)[O-])c(Cl)cc1S(=O)(=O)F. The van der Waals surface area contributed by atoms with E-state index >= 15 is 0 Å². The van der Waals surface area contributed by atoms with Gasteiger partial charge in [0.15, 0.2) is 0 Å². The zero-order valence-corrected chi connectivity index (χ0v) is 8.97. The zero-order chi connectivity index (χ0) is 11.8. The molecule has 0 spiro atoms. The lowest BCUT2D eigenvalue weighted by molar-refractivity contribution is -0.384. The molecule has 0 N–H and O–H groups in total. The van der Waals surface area contributed by atoms with E-state index in [1.807, 2.05) is 0 Å². The lowest BCUT2D eigenvalue weighted by Crippen LogP contribution is -1.98. The van der Waals surface area contributed by atoms with Gasteiger partial charge >= 0.3 is 10.2 Å². The van der Waals surface area contributed by atoms with Crippen LogP contribution in [-0.2, 0) is 10.2 Å². The third-order valence-electron chi connectivity index (χ3n) is 1.70. The van der Waals surface area contributed by atoms with Crippen LogP contribution in [0.25, 0.3) is 0 Å². The van der Waals surface area contributed by atoms with Crippen LogP contribution in [0.4, 0.5) is 9.57 Å². The first-order valence-corrected chi connectivity index (χ1v) is 5.39. The molecule has 1 aromatic rings. The zero-order valence-electron chi connectivity index (χ0n) is 7.40. The maximum absolute atomic E-state index is 12.6. The summed E-state index contributed by atoms with van der Waals surface area (Å²) in [6, 6.07) is 1.64. The number of rotatable bonds is 2. The van der Waals surface area contributed by atoms with Crippen LogP contribution in [0.15, 0.2) is 17.0 Å². The summed E-state index contributed by atoms with van der Waals surface area (Å²) in [6.07, 6.45) is 0. The van der Waals surface area contributed by atoms with Crippen molar-refractivity contribution in [2.75, 3.05) is 0 Å². The third-order valence-corrected chi connectivity index (χ3v) is 2.97. The van der Waals surface area contributed by atoms with Crippen molar-refractivity contribution in [3.8, 4) is 0 Å². The fraction of sp³-hybridized carbons (Fsp3) is 0.143. The first-order valence-electron chi connectivity index (χ1n) is 3.62. The number of nitro benzene ring substituents is 1. The van der Waals surface area contributed by atoms with E-state index in [0.29, 0.717) is 0 Å². The Balaban J connectivity index is 3.52. The molecule has 0 bridgehead atoms. The molecule has 0 aromatic heterocycles. The Bertz CT molecular complexity index is 528. The van der Waals surface area contributed by atoms with Gasteiger partial charge in [0.25, 0.3) is 5.69 Å². The highest BCUT2D eigenvalue weighted by Gasteiger charge is 2.21. The fourth-order valence-corrected chi connectivity index (χ4v) is 2.05. The van der Waals surface area contributed by atoms with Gasteiger partial charge in [-0.15, -0.1) is 3.89 Å². The number of halogens is 2. The molecule has 0 saturated heterocycles. The molecule has 0 amide bonds. The standard InChI is InChI=1S/C7H5ClFNO4S/c1-4-2-6(10(11)12)5(8)3-7(4)15(9,13)14/h2-3H,1H3. The van der Waals surface area contributed by atoms with E-state index in [4.69, 9.17) is 11.6 Å². The number of nitro groups is 1. The molecular weight excluding hydrogens is 249 g/mol. The van der Waals surface area contributed by atoms with Crippen molar-refractivity contribution < 1.29 is 17.2 Å². The summed E-state index contributed by atoms with van der Waals surface area (Å²) in [4.78, 5) is 8.98. The number of benzene rings is 1. The summed E-state index contributed by atoms with van der Waals surface area (Å²) >= 11 is 5.43. The summed E-state index contributed by atoms with van der Waals surface area (Å²) in [5.74, 6) is 0. The molecule has 0 heterocycles. The Morgan fingerprint density at radius 3 is 2.40 bits per heavy atom. The van der Waals surface area contributed by atoms with E-state index in [0.717, 1.165) is 12.1 Å². The van der Waals surface area contributed by atoms with Crippen LogP contribution >= 0.6 is 11.6 Å². The van der Waals surface area contributed by atoms with Crippen LogP contribution in [0.2, 0.25) is 5.02 Å². The van der Waals surface area contributed by atoms with Gasteiger partial charge in [0.1, 0.15) is 9.92 Å². The monoisotopic (exact) mass is 253 g/mol. The Morgan fingerprint density at radius 2 is 2.00 bits per heavy atom. The first-order chi connectivity index (χ1) is 6.73. The summed E-state index contributed by atoms with van der Waals surface area (Å²) in [5, 5.41) is 10.00. The van der Waals surface area contributed by atoms with Crippen LogP contribution in [-0.4, -0.2) is 13.3 Å². The van der Waals surface area contributed by atoms with Gasteiger partial charge in [-0.2, -0.15) is 8.42 Å². The summed E-state index contributed by atoms with van der Waals surface area (Å²) in [6.45, 7) is 1.25. The predicted molar refractivity (Wildman–Crippen MR) is 51.1 cm³/mol.